The number of para-hydroxylation sites is 2. The topological polar surface area (TPSA) is 60.6 Å². The molecule has 2 aliphatic heterocycles. The van der Waals surface area contributed by atoms with E-state index in [1.807, 2.05) is 18.2 Å². The van der Waals surface area contributed by atoms with Gasteiger partial charge in [0.2, 0.25) is 0 Å². The molecule has 50 heavy (non-hydrogen) atoms. The molecule has 0 atom stereocenters. The summed E-state index contributed by atoms with van der Waals surface area (Å²) in [6.45, 7) is 0. The Morgan fingerprint density at radius 1 is 0.520 bits per heavy atom. The summed E-state index contributed by atoms with van der Waals surface area (Å²) in [6, 6.07) is 43.9. The number of fused-ring (bicyclic) bond motifs is 11. The van der Waals surface area contributed by atoms with Crippen LogP contribution in [0.15, 0.2) is 132 Å². The third-order valence-electron chi connectivity index (χ3n) is 9.66. The van der Waals surface area contributed by atoms with E-state index in [2.05, 4.69) is 114 Å². The van der Waals surface area contributed by atoms with Crippen LogP contribution in [-0.4, -0.2) is 9.97 Å². The Labute approximate surface area is 292 Å². The SMILES string of the molecule is c1ccc2cc3c(cc2c1)oc1c2c4c(cc13)Oc1cc(-c3nc5ccccc5s3)ccc1N4c1ccc(-c3nc4ccccc4s3)cc1O2. The number of aromatic nitrogens is 2. The predicted octanol–water partition coefficient (Wildman–Crippen LogP) is 13.0. The minimum absolute atomic E-state index is 0.632. The Morgan fingerprint density at radius 3 is 1.78 bits per heavy atom. The number of furan rings is 1. The molecule has 5 heterocycles. The summed E-state index contributed by atoms with van der Waals surface area (Å²) in [5, 5.41) is 6.12. The van der Waals surface area contributed by atoms with Gasteiger partial charge in [0.15, 0.2) is 28.6 Å². The fourth-order valence-electron chi connectivity index (χ4n) is 7.33. The van der Waals surface area contributed by atoms with Crippen LogP contribution < -0.4 is 14.4 Å². The largest absolute Gasteiger partial charge is 0.453 e. The molecule has 7 aromatic carbocycles. The van der Waals surface area contributed by atoms with Gasteiger partial charge in [0.25, 0.3) is 0 Å². The van der Waals surface area contributed by atoms with E-state index in [1.54, 1.807) is 22.7 Å². The van der Waals surface area contributed by atoms with Crippen molar-refractivity contribution in [3.63, 3.8) is 0 Å². The zero-order valence-electron chi connectivity index (χ0n) is 26.0. The van der Waals surface area contributed by atoms with Gasteiger partial charge in [-0.05, 0) is 89.6 Å². The lowest BCUT2D eigenvalue weighted by molar-refractivity contribution is 0.444. The molecular formula is C42H21N3O3S2. The van der Waals surface area contributed by atoms with E-state index in [-0.39, 0.29) is 0 Å². The minimum Gasteiger partial charge on any atom is -0.453 e. The Bertz CT molecular complexity index is 3010. The first-order chi connectivity index (χ1) is 24.7. The molecule has 12 rings (SSSR count). The maximum absolute atomic E-state index is 6.90. The number of nitrogens with zero attached hydrogens (tertiary/aromatic N) is 3. The quantitative estimate of drug-likeness (QED) is 0.181. The van der Waals surface area contributed by atoms with Crippen molar-refractivity contribution in [2.24, 2.45) is 0 Å². The van der Waals surface area contributed by atoms with Gasteiger partial charge in [-0.1, -0.05) is 48.5 Å². The van der Waals surface area contributed by atoms with E-state index in [1.165, 1.54) is 0 Å². The third kappa shape index (κ3) is 3.71. The lowest BCUT2D eigenvalue weighted by atomic mass is 10.0. The molecule has 0 aliphatic carbocycles. The molecule has 0 N–H and O–H groups in total. The molecule has 0 radical (unpaired) electrons. The van der Waals surface area contributed by atoms with Crippen LogP contribution in [0.2, 0.25) is 0 Å². The van der Waals surface area contributed by atoms with Gasteiger partial charge < -0.3 is 13.9 Å². The van der Waals surface area contributed by atoms with Gasteiger partial charge in [-0.2, -0.15) is 0 Å². The molecule has 0 saturated heterocycles. The second kappa shape index (κ2) is 9.69. The summed E-state index contributed by atoms with van der Waals surface area (Å²) >= 11 is 3.36. The fourth-order valence-corrected chi connectivity index (χ4v) is 9.26. The number of ether oxygens (including phenoxy) is 2. The van der Waals surface area contributed by atoms with Crippen molar-refractivity contribution in [1.82, 2.24) is 9.97 Å². The zero-order chi connectivity index (χ0) is 32.5. The molecule has 0 unspecified atom stereocenters. The van der Waals surface area contributed by atoms with Crippen molar-refractivity contribution < 1.29 is 13.9 Å². The van der Waals surface area contributed by atoms with Gasteiger partial charge in [0, 0.05) is 21.9 Å². The van der Waals surface area contributed by atoms with Gasteiger partial charge in [-0.3, -0.25) is 4.90 Å². The molecule has 0 fully saturated rings. The van der Waals surface area contributed by atoms with Crippen molar-refractivity contribution in [3.8, 4) is 44.1 Å². The summed E-state index contributed by atoms with van der Waals surface area (Å²) in [7, 11) is 0. The van der Waals surface area contributed by atoms with Crippen LogP contribution in [0.5, 0.6) is 23.0 Å². The molecule has 6 nitrogen and oxygen atoms in total. The van der Waals surface area contributed by atoms with Gasteiger partial charge >= 0.3 is 0 Å². The highest BCUT2D eigenvalue weighted by atomic mass is 32.1. The van der Waals surface area contributed by atoms with Gasteiger partial charge in [-0.15, -0.1) is 22.7 Å². The van der Waals surface area contributed by atoms with Crippen molar-refractivity contribution in [2.45, 2.75) is 0 Å². The first kappa shape index (κ1) is 26.7. The highest BCUT2D eigenvalue weighted by Gasteiger charge is 2.38. The van der Waals surface area contributed by atoms with Crippen molar-refractivity contribution in [2.75, 3.05) is 4.90 Å². The zero-order valence-corrected chi connectivity index (χ0v) is 27.6. The van der Waals surface area contributed by atoms with Crippen molar-refractivity contribution in [1.29, 1.82) is 0 Å². The van der Waals surface area contributed by atoms with Crippen LogP contribution in [-0.2, 0) is 0 Å². The fraction of sp³-hybridized carbons (Fsp3) is 0. The molecule has 3 aromatic heterocycles. The number of hydrogen-bond donors (Lipinski definition) is 0. The standard InChI is InChI=1S/C42H21N3O3S2/c1-2-8-23-18-32-26(17-22(23)7-1)27-21-35-38-40(39(27)47-32)48-34-20-25(42-44-29-10-4-6-12-37(29)50-42)14-16-31(34)45(38)30-15-13-24(19-33(30)46-35)41-43-28-9-3-5-11-36(28)49-41/h1-21H. The summed E-state index contributed by atoms with van der Waals surface area (Å²) < 4.78 is 22.7. The molecule has 0 amide bonds. The van der Waals surface area contributed by atoms with Crippen molar-refractivity contribution >= 4 is 92.9 Å². The number of rotatable bonds is 2. The first-order valence-corrected chi connectivity index (χ1v) is 17.9. The molecule has 0 bridgehead atoms. The van der Waals surface area contributed by atoms with Crippen LogP contribution in [0.25, 0.3) is 74.3 Å². The molecule has 8 heteroatoms. The Morgan fingerprint density at radius 2 is 1.12 bits per heavy atom. The van der Waals surface area contributed by atoms with Gasteiger partial charge in [0.05, 0.1) is 31.8 Å². The molecule has 10 aromatic rings. The number of thiazole rings is 2. The first-order valence-electron chi connectivity index (χ1n) is 16.3. The monoisotopic (exact) mass is 679 g/mol. The molecule has 0 spiro atoms. The van der Waals surface area contributed by atoms with Crippen LogP contribution in [0.4, 0.5) is 17.1 Å². The summed E-state index contributed by atoms with van der Waals surface area (Å²) in [5.41, 5.74) is 8.14. The average molecular weight is 680 g/mol. The van der Waals surface area contributed by atoms with E-state index >= 15 is 0 Å². The second-order valence-corrected chi connectivity index (χ2v) is 14.7. The lowest BCUT2D eigenvalue weighted by Crippen LogP contribution is -2.20. The maximum atomic E-state index is 6.90. The molecule has 0 saturated carbocycles. The smallest absolute Gasteiger partial charge is 0.198 e. The third-order valence-corrected chi connectivity index (χ3v) is 11.8. The second-order valence-electron chi connectivity index (χ2n) is 12.6. The predicted molar refractivity (Wildman–Crippen MR) is 203 cm³/mol. The highest BCUT2D eigenvalue weighted by molar-refractivity contribution is 7.22. The minimum atomic E-state index is 0.632. The Balaban J connectivity index is 1.09. The lowest BCUT2D eigenvalue weighted by Gasteiger charge is -2.38. The summed E-state index contributed by atoms with van der Waals surface area (Å²) in [4.78, 5) is 12.1. The van der Waals surface area contributed by atoms with Crippen LogP contribution in [0.3, 0.4) is 0 Å². The normalized spacial score (nSPS) is 13.1. The van der Waals surface area contributed by atoms with Crippen LogP contribution in [0, 0.1) is 0 Å². The van der Waals surface area contributed by atoms with Crippen LogP contribution in [0.1, 0.15) is 0 Å². The highest BCUT2D eigenvalue weighted by Crippen LogP contribution is 2.63. The average Bonchev–Trinajstić information content (AvgIpc) is 3.89. The van der Waals surface area contributed by atoms with Gasteiger partial charge in [0.1, 0.15) is 21.3 Å². The summed E-state index contributed by atoms with van der Waals surface area (Å²) in [6.07, 6.45) is 0. The van der Waals surface area contributed by atoms with E-state index in [4.69, 9.17) is 23.9 Å². The van der Waals surface area contributed by atoms with Crippen LogP contribution >= 0.6 is 22.7 Å². The molecular weight excluding hydrogens is 659 g/mol. The van der Waals surface area contributed by atoms with E-state index in [9.17, 15) is 0 Å². The Kier molecular flexibility index (Phi) is 5.18. The van der Waals surface area contributed by atoms with Crippen molar-refractivity contribution in [3.05, 3.63) is 127 Å². The molecule has 2 aliphatic rings. The molecule has 234 valence electrons. The van der Waals surface area contributed by atoms with Gasteiger partial charge in [-0.25, -0.2) is 9.97 Å². The number of benzene rings is 7. The van der Waals surface area contributed by atoms with E-state index in [0.717, 1.165) is 97.3 Å². The summed E-state index contributed by atoms with van der Waals surface area (Å²) in [5.74, 6) is 2.81. The maximum Gasteiger partial charge on any atom is 0.198 e. The van der Waals surface area contributed by atoms with E-state index < -0.39 is 0 Å². The number of anilines is 3. The number of hydrogen-bond acceptors (Lipinski definition) is 8. The van der Waals surface area contributed by atoms with E-state index in [0.29, 0.717) is 17.1 Å². The Hall–Kier alpha value is -6.22.